The van der Waals surface area contributed by atoms with Crippen molar-refractivity contribution in [3.8, 4) is 0 Å². The maximum Gasteiger partial charge on any atom is 0.267 e. The van der Waals surface area contributed by atoms with Gasteiger partial charge in [-0.15, -0.1) is 0 Å². The van der Waals surface area contributed by atoms with Gasteiger partial charge in [-0.2, -0.15) is 0 Å². The van der Waals surface area contributed by atoms with Crippen molar-refractivity contribution in [1.29, 1.82) is 0 Å². The second-order valence-corrected chi connectivity index (χ2v) is 4.62. The van der Waals surface area contributed by atoms with E-state index < -0.39 is 0 Å². The molecule has 2 rings (SSSR count). The third-order valence-corrected chi connectivity index (χ3v) is 3.61. The van der Waals surface area contributed by atoms with E-state index in [1.54, 1.807) is 14.2 Å². The predicted octanol–water partition coefficient (Wildman–Crippen LogP) is 0.382. The molecule has 2 atom stereocenters. The SMILES string of the molecule is COC1CN(c2nc[nH]c(=O)c2Br)CC1OC. The molecule has 1 saturated heterocycles. The Balaban J connectivity index is 2.25. The number of aromatic nitrogens is 2. The van der Waals surface area contributed by atoms with E-state index in [0.717, 1.165) is 0 Å². The molecule has 0 bridgehead atoms. The van der Waals surface area contributed by atoms with Crippen LogP contribution >= 0.6 is 15.9 Å². The highest BCUT2D eigenvalue weighted by Crippen LogP contribution is 2.25. The van der Waals surface area contributed by atoms with Crippen LogP contribution in [0.25, 0.3) is 0 Å². The first-order valence-electron chi connectivity index (χ1n) is 5.21. The van der Waals surface area contributed by atoms with E-state index in [9.17, 15) is 4.79 Å². The van der Waals surface area contributed by atoms with Gasteiger partial charge in [-0.05, 0) is 15.9 Å². The van der Waals surface area contributed by atoms with Crippen molar-refractivity contribution in [3.05, 3.63) is 21.2 Å². The van der Waals surface area contributed by atoms with Crippen LogP contribution in [0.2, 0.25) is 0 Å². The molecule has 2 unspecified atom stereocenters. The number of ether oxygens (including phenoxy) is 2. The van der Waals surface area contributed by atoms with Gasteiger partial charge in [-0.1, -0.05) is 0 Å². The number of H-pyrrole nitrogens is 1. The smallest absolute Gasteiger partial charge is 0.267 e. The van der Waals surface area contributed by atoms with Crippen molar-refractivity contribution >= 4 is 21.7 Å². The maximum absolute atomic E-state index is 11.5. The van der Waals surface area contributed by atoms with E-state index in [-0.39, 0.29) is 17.8 Å². The van der Waals surface area contributed by atoms with Gasteiger partial charge in [0.25, 0.3) is 5.56 Å². The second kappa shape index (κ2) is 5.16. The fourth-order valence-electron chi connectivity index (χ4n) is 1.96. The third-order valence-electron chi connectivity index (χ3n) is 2.90. The average Bonchev–Trinajstić information content (AvgIpc) is 2.75. The van der Waals surface area contributed by atoms with Crippen molar-refractivity contribution in [2.45, 2.75) is 12.2 Å². The molecular weight excluding hydrogens is 290 g/mol. The Labute approximate surface area is 107 Å². The summed E-state index contributed by atoms with van der Waals surface area (Å²) >= 11 is 3.24. The van der Waals surface area contributed by atoms with Crippen LogP contribution in [-0.2, 0) is 9.47 Å². The molecule has 2 heterocycles. The van der Waals surface area contributed by atoms with E-state index in [0.29, 0.717) is 23.4 Å². The number of hydrogen-bond acceptors (Lipinski definition) is 5. The standard InChI is InChI=1S/C10H14BrN3O3/c1-16-6-3-14(4-7(6)17-2)9-8(11)10(15)13-5-12-9/h5-7H,3-4H2,1-2H3,(H,12,13,15). The van der Waals surface area contributed by atoms with Gasteiger partial charge in [0.15, 0.2) is 5.82 Å². The van der Waals surface area contributed by atoms with Crippen molar-refractivity contribution in [2.75, 3.05) is 32.2 Å². The van der Waals surface area contributed by atoms with E-state index in [1.807, 2.05) is 4.90 Å². The van der Waals surface area contributed by atoms with Gasteiger partial charge in [-0.25, -0.2) is 4.98 Å². The zero-order valence-electron chi connectivity index (χ0n) is 9.64. The highest BCUT2D eigenvalue weighted by Gasteiger charge is 2.34. The Kier molecular flexibility index (Phi) is 3.80. The Morgan fingerprint density at radius 3 is 2.53 bits per heavy atom. The molecule has 0 aliphatic carbocycles. The lowest BCUT2D eigenvalue weighted by molar-refractivity contribution is -0.00461. The van der Waals surface area contributed by atoms with Crippen LogP contribution in [-0.4, -0.2) is 49.5 Å². The quantitative estimate of drug-likeness (QED) is 0.874. The van der Waals surface area contributed by atoms with E-state index in [1.165, 1.54) is 6.33 Å². The number of hydrogen-bond donors (Lipinski definition) is 1. The normalized spacial score (nSPS) is 24.3. The van der Waals surface area contributed by atoms with Gasteiger partial charge >= 0.3 is 0 Å². The number of rotatable bonds is 3. The van der Waals surface area contributed by atoms with Crippen LogP contribution in [0, 0.1) is 0 Å². The van der Waals surface area contributed by atoms with Gasteiger partial charge in [0.05, 0.1) is 6.33 Å². The molecule has 1 N–H and O–H groups in total. The zero-order valence-corrected chi connectivity index (χ0v) is 11.2. The number of anilines is 1. The molecule has 1 aliphatic heterocycles. The number of halogens is 1. The molecule has 1 aromatic heterocycles. The minimum Gasteiger partial charge on any atom is -0.377 e. The molecule has 7 heteroatoms. The fourth-order valence-corrected chi connectivity index (χ4v) is 2.43. The summed E-state index contributed by atoms with van der Waals surface area (Å²) in [5, 5.41) is 0. The molecule has 1 aliphatic rings. The average molecular weight is 304 g/mol. The summed E-state index contributed by atoms with van der Waals surface area (Å²) in [6, 6.07) is 0. The van der Waals surface area contributed by atoms with Gasteiger partial charge in [-0.3, -0.25) is 4.79 Å². The van der Waals surface area contributed by atoms with Crippen molar-refractivity contribution < 1.29 is 9.47 Å². The van der Waals surface area contributed by atoms with E-state index in [4.69, 9.17) is 9.47 Å². The Morgan fingerprint density at radius 2 is 2.00 bits per heavy atom. The molecule has 0 spiro atoms. The van der Waals surface area contributed by atoms with E-state index in [2.05, 4.69) is 25.9 Å². The lowest BCUT2D eigenvalue weighted by Crippen LogP contribution is -2.27. The second-order valence-electron chi connectivity index (χ2n) is 3.82. The number of methoxy groups -OCH3 is 2. The fraction of sp³-hybridized carbons (Fsp3) is 0.600. The summed E-state index contributed by atoms with van der Waals surface area (Å²) in [4.78, 5) is 20.1. The highest BCUT2D eigenvalue weighted by atomic mass is 79.9. The van der Waals surface area contributed by atoms with Crippen LogP contribution in [0.3, 0.4) is 0 Å². The van der Waals surface area contributed by atoms with Gasteiger partial charge in [0.1, 0.15) is 16.7 Å². The van der Waals surface area contributed by atoms with Crippen molar-refractivity contribution in [1.82, 2.24) is 9.97 Å². The minimum absolute atomic E-state index is 0.00649. The third kappa shape index (κ3) is 2.36. The molecule has 1 aromatic rings. The molecule has 1 fully saturated rings. The highest BCUT2D eigenvalue weighted by molar-refractivity contribution is 9.10. The molecule has 6 nitrogen and oxygen atoms in total. The summed E-state index contributed by atoms with van der Waals surface area (Å²) in [5.41, 5.74) is -0.190. The molecule has 0 aromatic carbocycles. The summed E-state index contributed by atoms with van der Waals surface area (Å²) in [6.45, 7) is 1.31. The topological polar surface area (TPSA) is 67.5 Å². The summed E-state index contributed by atoms with van der Waals surface area (Å²) < 4.78 is 11.1. The number of nitrogens with one attached hydrogen (secondary N) is 1. The zero-order chi connectivity index (χ0) is 12.4. The van der Waals surface area contributed by atoms with Crippen molar-refractivity contribution in [2.24, 2.45) is 0 Å². The van der Waals surface area contributed by atoms with E-state index >= 15 is 0 Å². The summed E-state index contributed by atoms with van der Waals surface area (Å²) in [5.74, 6) is 0.621. The summed E-state index contributed by atoms with van der Waals surface area (Å²) in [6.07, 6.45) is 1.38. The van der Waals surface area contributed by atoms with Crippen molar-refractivity contribution in [3.63, 3.8) is 0 Å². The molecule has 17 heavy (non-hydrogen) atoms. The molecule has 94 valence electrons. The Hall–Kier alpha value is -0.920. The first-order chi connectivity index (χ1) is 8.17. The van der Waals surface area contributed by atoms with Crippen LogP contribution in [0.15, 0.2) is 15.6 Å². The Bertz CT molecular complexity index is 439. The van der Waals surface area contributed by atoms with Crippen LogP contribution < -0.4 is 10.5 Å². The van der Waals surface area contributed by atoms with Gasteiger partial charge < -0.3 is 19.4 Å². The largest absolute Gasteiger partial charge is 0.377 e. The monoisotopic (exact) mass is 303 g/mol. The maximum atomic E-state index is 11.5. The summed E-state index contributed by atoms with van der Waals surface area (Å²) in [7, 11) is 3.31. The molecule has 0 radical (unpaired) electrons. The minimum atomic E-state index is -0.190. The molecule has 0 saturated carbocycles. The lowest BCUT2D eigenvalue weighted by atomic mass is 10.3. The van der Waals surface area contributed by atoms with Crippen LogP contribution in [0.1, 0.15) is 0 Å². The predicted molar refractivity (Wildman–Crippen MR) is 66.4 cm³/mol. The van der Waals surface area contributed by atoms with Gasteiger partial charge in [0.2, 0.25) is 0 Å². The Morgan fingerprint density at radius 1 is 1.41 bits per heavy atom. The van der Waals surface area contributed by atoms with Crippen LogP contribution in [0.4, 0.5) is 5.82 Å². The molecule has 0 amide bonds. The molecular formula is C10H14BrN3O3. The number of aromatic amines is 1. The first-order valence-corrected chi connectivity index (χ1v) is 6.00. The van der Waals surface area contributed by atoms with Crippen LogP contribution in [0.5, 0.6) is 0 Å². The van der Waals surface area contributed by atoms with Gasteiger partial charge in [0, 0.05) is 27.3 Å². The first kappa shape index (κ1) is 12.5. The number of nitrogens with zero attached hydrogens (tertiary/aromatic N) is 2. The lowest BCUT2D eigenvalue weighted by Gasteiger charge is -2.17.